The molecule has 2 atom stereocenters. The molecule has 0 aliphatic carbocycles. The summed E-state index contributed by atoms with van der Waals surface area (Å²) < 4.78 is 0. The molecule has 0 amide bonds. The maximum atomic E-state index is 3.60. The van der Waals surface area contributed by atoms with E-state index in [9.17, 15) is 0 Å². The third-order valence-corrected chi connectivity index (χ3v) is 4.18. The van der Waals surface area contributed by atoms with Crippen molar-refractivity contribution in [1.29, 1.82) is 0 Å². The lowest BCUT2D eigenvalue weighted by Crippen LogP contribution is -2.40. The van der Waals surface area contributed by atoms with E-state index in [1.165, 1.54) is 4.88 Å². The lowest BCUT2D eigenvalue weighted by molar-refractivity contribution is 0.222. The van der Waals surface area contributed by atoms with Crippen LogP contribution in [0.25, 0.3) is 0 Å². The molecule has 0 spiro atoms. The molecule has 0 radical (unpaired) electrons. The number of nitrogens with zero attached hydrogens (tertiary/aromatic N) is 1. The molecular formula is C13H24N2S. The molecule has 0 saturated heterocycles. The zero-order valence-corrected chi connectivity index (χ0v) is 11.7. The Hall–Kier alpha value is -0.380. The Labute approximate surface area is 104 Å². The zero-order chi connectivity index (χ0) is 12.0. The third kappa shape index (κ3) is 3.89. The van der Waals surface area contributed by atoms with Crippen molar-refractivity contribution >= 4 is 11.3 Å². The van der Waals surface area contributed by atoms with Crippen molar-refractivity contribution in [2.45, 2.75) is 39.8 Å². The predicted octanol–water partition coefficient (Wildman–Crippen LogP) is 3.13. The van der Waals surface area contributed by atoms with Gasteiger partial charge in [0.25, 0.3) is 0 Å². The topological polar surface area (TPSA) is 15.3 Å². The van der Waals surface area contributed by atoms with Crippen LogP contribution in [0.5, 0.6) is 0 Å². The van der Waals surface area contributed by atoms with Crippen LogP contribution in [-0.2, 0) is 0 Å². The van der Waals surface area contributed by atoms with Gasteiger partial charge < -0.3 is 5.32 Å². The van der Waals surface area contributed by atoms with E-state index < -0.39 is 0 Å². The van der Waals surface area contributed by atoms with Crippen molar-refractivity contribution in [2.24, 2.45) is 0 Å². The second-order valence-electron chi connectivity index (χ2n) is 4.22. The van der Waals surface area contributed by atoms with Crippen molar-refractivity contribution < 1.29 is 0 Å². The van der Waals surface area contributed by atoms with E-state index in [-0.39, 0.29) is 0 Å². The molecule has 92 valence electrons. The van der Waals surface area contributed by atoms with Crippen LogP contribution < -0.4 is 5.32 Å². The number of hydrogen-bond acceptors (Lipinski definition) is 3. The van der Waals surface area contributed by atoms with E-state index in [2.05, 4.69) is 55.4 Å². The highest BCUT2D eigenvalue weighted by molar-refractivity contribution is 7.10. The maximum Gasteiger partial charge on any atom is 0.0386 e. The number of likely N-dealkylation sites (N-methyl/N-ethyl adjacent to an activating group) is 1. The van der Waals surface area contributed by atoms with Gasteiger partial charge >= 0.3 is 0 Å². The molecule has 0 aliphatic rings. The van der Waals surface area contributed by atoms with Crippen LogP contribution >= 0.6 is 11.3 Å². The average molecular weight is 240 g/mol. The van der Waals surface area contributed by atoms with Gasteiger partial charge in [0.2, 0.25) is 0 Å². The van der Waals surface area contributed by atoms with Crippen LogP contribution in [0.4, 0.5) is 0 Å². The van der Waals surface area contributed by atoms with Crippen molar-refractivity contribution in [3.63, 3.8) is 0 Å². The molecule has 2 nitrogen and oxygen atoms in total. The van der Waals surface area contributed by atoms with Crippen LogP contribution in [0.3, 0.4) is 0 Å². The minimum absolute atomic E-state index is 0.470. The first kappa shape index (κ1) is 13.7. The smallest absolute Gasteiger partial charge is 0.0386 e. The van der Waals surface area contributed by atoms with Gasteiger partial charge in [-0.3, -0.25) is 4.90 Å². The molecule has 1 heterocycles. The lowest BCUT2D eigenvalue weighted by Gasteiger charge is -2.27. The van der Waals surface area contributed by atoms with E-state index in [1.54, 1.807) is 0 Å². The summed E-state index contributed by atoms with van der Waals surface area (Å²) in [5.41, 5.74) is 0. The summed E-state index contributed by atoms with van der Waals surface area (Å²) in [6.45, 7) is 12.3. The molecule has 3 heteroatoms. The average Bonchev–Trinajstić information content (AvgIpc) is 2.81. The van der Waals surface area contributed by atoms with Gasteiger partial charge in [0.05, 0.1) is 0 Å². The highest BCUT2D eigenvalue weighted by Gasteiger charge is 2.12. The lowest BCUT2D eigenvalue weighted by atomic mass is 10.2. The maximum absolute atomic E-state index is 3.60. The molecule has 1 aromatic rings. The van der Waals surface area contributed by atoms with E-state index in [4.69, 9.17) is 0 Å². The van der Waals surface area contributed by atoms with E-state index in [0.717, 1.165) is 19.6 Å². The minimum atomic E-state index is 0.470. The monoisotopic (exact) mass is 240 g/mol. The summed E-state index contributed by atoms with van der Waals surface area (Å²) in [5, 5.41) is 5.74. The fraction of sp³-hybridized carbons (Fsp3) is 0.692. The molecular weight excluding hydrogens is 216 g/mol. The number of nitrogens with one attached hydrogen (secondary N) is 1. The Balaban J connectivity index is 2.34. The molecule has 0 fully saturated rings. The molecule has 1 aromatic heterocycles. The Morgan fingerprint density at radius 3 is 2.50 bits per heavy atom. The fourth-order valence-corrected chi connectivity index (χ4v) is 2.72. The van der Waals surface area contributed by atoms with Gasteiger partial charge in [-0.1, -0.05) is 19.9 Å². The molecule has 1 rings (SSSR count). The Morgan fingerprint density at radius 2 is 2.00 bits per heavy atom. The standard InChI is InChI=1S/C13H24N2S/c1-5-15(6-2)11(3)10-14-12(4)13-8-7-9-16-13/h7-9,11-12,14H,5-6,10H2,1-4H3. The van der Waals surface area contributed by atoms with Crippen LogP contribution in [0.15, 0.2) is 17.5 Å². The summed E-state index contributed by atoms with van der Waals surface area (Å²) >= 11 is 1.83. The molecule has 1 N–H and O–H groups in total. The second-order valence-corrected chi connectivity index (χ2v) is 5.19. The van der Waals surface area contributed by atoms with Gasteiger partial charge in [-0.2, -0.15) is 0 Å². The van der Waals surface area contributed by atoms with Crippen molar-refractivity contribution in [2.75, 3.05) is 19.6 Å². The summed E-state index contributed by atoms with van der Waals surface area (Å²) in [7, 11) is 0. The fourth-order valence-electron chi connectivity index (χ4n) is 1.96. The van der Waals surface area contributed by atoms with Crippen molar-refractivity contribution in [1.82, 2.24) is 10.2 Å². The predicted molar refractivity (Wildman–Crippen MR) is 73.1 cm³/mol. The van der Waals surface area contributed by atoms with Crippen LogP contribution in [-0.4, -0.2) is 30.6 Å². The Kier molecular flexibility index (Phi) is 6.03. The highest BCUT2D eigenvalue weighted by atomic mass is 32.1. The van der Waals surface area contributed by atoms with Gasteiger partial charge in [0, 0.05) is 23.5 Å². The summed E-state index contributed by atoms with van der Waals surface area (Å²) in [6.07, 6.45) is 0. The first-order valence-corrected chi connectivity index (χ1v) is 7.07. The quantitative estimate of drug-likeness (QED) is 0.788. The van der Waals surface area contributed by atoms with Gasteiger partial charge in [-0.25, -0.2) is 0 Å². The van der Waals surface area contributed by atoms with Crippen LogP contribution in [0, 0.1) is 0 Å². The van der Waals surface area contributed by atoms with Gasteiger partial charge in [0.15, 0.2) is 0 Å². The zero-order valence-electron chi connectivity index (χ0n) is 10.9. The molecule has 0 saturated carbocycles. The van der Waals surface area contributed by atoms with Gasteiger partial charge in [-0.15, -0.1) is 11.3 Å². The first-order valence-electron chi connectivity index (χ1n) is 6.19. The molecule has 2 unspecified atom stereocenters. The summed E-state index contributed by atoms with van der Waals surface area (Å²) in [4.78, 5) is 3.90. The minimum Gasteiger partial charge on any atom is -0.308 e. The number of thiophene rings is 1. The second kappa shape index (κ2) is 7.05. The number of hydrogen-bond donors (Lipinski definition) is 1. The third-order valence-electron chi connectivity index (χ3n) is 3.13. The summed E-state index contributed by atoms with van der Waals surface area (Å²) in [6, 6.07) is 5.39. The van der Waals surface area contributed by atoms with Gasteiger partial charge in [-0.05, 0) is 38.4 Å². The first-order chi connectivity index (χ1) is 7.69. The molecule has 0 aliphatic heterocycles. The van der Waals surface area contributed by atoms with Gasteiger partial charge in [0.1, 0.15) is 0 Å². The van der Waals surface area contributed by atoms with E-state index in [0.29, 0.717) is 12.1 Å². The normalized spacial score (nSPS) is 15.3. The SMILES string of the molecule is CCN(CC)C(C)CNC(C)c1cccs1. The largest absolute Gasteiger partial charge is 0.308 e. The Bertz CT molecular complexity index is 267. The van der Waals surface area contributed by atoms with Crippen molar-refractivity contribution in [3.8, 4) is 0 Å². The van der Waals surface area contributed by atoms with E-state index in [1.807, 2.05) is 11.3 Å². The highest BCUT2D eigenvalue weighted by Crippen LogP contribution is 2.17. The molecule has 0 aromatic carbocycles. The van der Waals surface area contributed by atoms with Crippen LogP contribution in [0.1, 0.15) is 38.6 Å². The van der Waals surface area contributed by atoms with Crippen LogP contribution in [0.2, 0.25) is 0 Å². The molecule has 16 heavy (non-hydrogen) atoms. The van der Waals surface area contributed by atoms with E-state index >= 15 is 0 Å². The molecule has 0 bridgehead atoms. The Morgan fingerprint density at radius 1 is 1.31 bits per heavy atom. The summed E-state index contributed by atoms with van der Waals surface area (Å²) in [5.74, 6) is 0. The number of rotatable bonds is 7. The van der Waals surface area contributed by atoms with Crippen molar-refractivity contribution in [3.05, 3.63) is 22.4 Å².